The average molecular weight is 375 g/mol. The van der Waals surface area contributed by atoms with Crippen LogP contribution in [-0.4, -0.2) is 39.6 Å². The number of benzene rings is 2. The Balaban J connectivity index is 1.70. The van der Waals surface area contributed by atoms with Crippen LogP contribution in [0.3, 0.4) is 0 Å². The van der Waals surface area contributed by atoms with E-state index in [4.69, 9.17) is 4.74 Å². The van der Waals surface area contributed by atoms with Crippen molar-refractivity contribution in [2.75, 3.05) is 20.2 Å². The Bertz CT molecular complexity index is 866. The van der Waals surface area contributed by atoms with E-state index in [0.29, 0.717) is 12.3 Å². The van der Waals surface area contributed by atoms with Gasteiger partial charge in [0.25, 0.3) is 0 Å². The van der Waals surface area contributed by atoms with Gasteiger partial charge in [-0.05, 0) is 49.1 Å². The maximum atomic E-state index is 12.9. The molecule has 2 aromatic rings. The highest BCUT2D eigenvalue weighted by Crippen LogP contribution is 2.28. The predicted octanol–water partition coefficient (Wildman–Crippen LogP) is 2.86. The molecule has 0 bridgehead atoms. The highest BCUT2D eigenvalue weighted by molar-refractivity contribution is 7.89. The van der Waals surface area contributed by atoms with Crippen molar-refractivity contribution in [3.05, 3.63) is 59.2 Å². The molecule has 3 rings (SSSR count). The molecule has 0 unspecified atom stereocenters. The van der Waals surface area contributed by atoms with Gasteiger partial charge in [-0.25, -0.2) is 13.1 Å². The molecule has 0 spiro atoms. The molecule has 0 aliphatic carbocycles. The van der Waals surface area contributed by atoms with Gasteiger partial charge in [0.1, 0.15) is 10.6 Å². The fourth-order valence-corrected chi connectivity index (χ4v) is 4.83. The largest absolute Gasteiger partial charge is 0.495 e. The Morgan fingerprint density at radius 2 is 1.85 bits per heavy atom. The van der Waals surface area contributed by atoms with E-state index in [1.54, 1.807) is 12.1 Å². The Morgan fingerprint density at radius 3 is 2.54 bits per heavy atom. The predicted molar refractivity (Wildman–Crippen MR) is 103 cm³/mol. The molecule has 1 fully saturated rings. The third-order valence-electron chi connectivity index (χ3n) is 4.91. The van der Waals surface area contributed by atoms with E-state index in [0.717, 1.165) is 30.6 Å². The maximum absolute atomic E-state index is 12.9. The number of hydrogen-bond donors (Lipinski definition) is 1. The monoisotopic (exact) mass is 374 g/mol. The van der Waals surface area contributed by atoms with Crippen LogP contribution in [0.15, 0.2) is 47.4 Å². The molecule has 2 aromatic carbocycles. The van der Waals surface area contributed by atoms with E-state index >= 15 is 0 Å². The first-order valence-corrected chi connectivity index (χ1v) is 10.3. The summed E-state index contributed by atoms with van der Waals surface area (Å²) in [5, 5.41) is 0. The van der Waals surface area contributed by atoms with Crippen molar-refractivity contribution >= 4 is 10.0 Å². The van der Waals surface area contributed by atoms with Gasteiger partial charge in [0, 0.05) is 25.7 Å². The normalized spacial score (nSPS) is 18.2. The van der Waals surface area contributed by atoms with Gasteiger partial charge in [-0.15, -0.1) is 0 Å². The molecular formula is C20H26N2O3S. The number of methoxy groups -OCH3 is 1. The standard InChI is InChI=1S/C20H26N2O3S/c1-15-11-19(25-3)20(12-16(15)2)26(23,24)21-18-9-10-22(14-18)13-17-7-5-4-6-8-17/h4-8,11-12,18,21H,9-10,13-14H2,1-3H3/t18-/m0/s1. The van der Waals surface area contributed by atoms with Gasteiger partial charge in [-0.2, -0.15) is 0 Å². The minimum absolute atomic E-state index is 0.0879. The summed E-state index contributed by atoms with van der Waals surface area (Å²) in [6.07, 6.45) is 0.805. The maximum Gasteiger partial charge on any atom is 0.244 e. The molecular weight excluding hydrogens is 348 g/mol. The number of rotatable bonds is 6. The van der Waals surface area contributed by atoms with E-state index in [1.165, 1.54) is 12.7 Å². The molecule has 1 N–H and O–H groups in total. The van der Waals surface area contributed by atoms with Crippen molar-refractivity contribution in [1.29, 1.82) is 0 Å². The van der Waals surface area contributed by atoms with Crippen LogP contribution in [0.1, 0.15) is 23.1 Å². The average Bonchev–Trinajstić information content (AvgIpc) is 3.03. The lowest BCUT2D eigenvalue weighted by Crippen LogP contribution is -2.37. The summed E-state index contributed by atoms with van der Waals surface area (Å²) in [4.78, 5) is 2.49. The highest BCUT2D eigenvalue weighted by Gasteiger charge is 2.29. The summed E-state index contributed by atoms with van der Waals surface area (Å²) < 4.78 is 33.9. The third-order valence-corrected chi connectivity index (χ3v) is 6.45. The number of hydrogen-bond acceptors (Lipinski definition) is 4. The van der Waals surface area contributed by atoms with Crippen LogP contribution in [0.5, 0.6) is 5.75 Å². The second-order valence-electron chi connectivity index (χ2n) is 6.91. The summed E-state index contributed by atoms with van der Waals surface area (Å²) >= 11 is 0. The Morgan fingerprint density at radius 1 is 1.15 bits per heavy atom. The van der Waals surface area contributed by atoms with Crippen LogP contribution >= 0.6 is 0 Å². The van der Waals surface area contributed by atoms with Crippen molar-refractivity contribution in [2.24, 2.45) is 0 Å². The summed E-state index contributed by atoms with van der Waals surface area (Å²) in [7, 11) is -2.12. The summed E-state index contributed by atoms with van der Waals surface area (Å²) in [6.45, 7) is 6.28. The van der Waals surface area contributed by atoms with Gasteiger partial charge in [-0.1, -0.05) is 30.3 Å². The molecule has 0 radical (unpaired) electrons. The van der Waals surface area contributed by atoms with Crippen molar-refractivity contribution in [1.82, 2.24) is 9.62 Å². The summed E-state index contributed by atoms with van der Waals surface area (Å²) in [6, 6.07) is 13.6. The number of ether oxygens (including phenoxy) is 1. The smallest absolute Gasteiger partial charge is 0.244 e. The van der Waals surface area contributed by atoms with Crippen LogP contribution in [0, 0.1) is 13.8 Å². The zero-order valence-corrected chi connectivity index (χ0v) is 16.3. The van der Waals surface area contributed by atoms with Crippen LogP contribution < -0.4 is 9.46 Å². The lowest BCUT2D eigenvalue weighted by atomic mass is 10.1. The van der Waals surface area contributed by atoms with Crippen molar-refractivity contribution in [3.63, 3.8) is 0 Å². The number of nitrogens with zero attached hydrogens (tertiary/aromatic N) is 1. The van der Waals surface area contributed by atoms with Crippen LogP contribution in [0.25, 0.3) is 0 Å². The van der Waals surface area contributed by atoms with Gasteiger partial charge in [0.2, 0.25) is 10.0 Å². The van der Waals surface area contributed by atoms with E-state index in [2.05, 4.69) is 21.8 Å². The van der Waals surface area contributed by atoms with E-state index in [9.17, 15) is 8.42 Å². The van der Waals surface area contributed by atoms with Crippen molar-refractivity contribution in [2.45, 2.75) is 37.8 Å². The highest BCUT2D eigenvalue weighted by atomic mass is 32.2. The van der Waals surface area contributed by atoms with E-state index in [-0.39, 0.29) is 10.9 Å². The topological polar surface area (TPSA) is 58.6 Å². The number of nitrogens with one attached hydrogen (secondary N) is 1. The molecule has 0 saturated carbocycles. The van der Waals surface area contributed by atoms with Gasteiger partial charge >= 0.3 is 0 Å². The van der Waals surface area contributed by atoms with Crippen LogP contribution in [0.2, 0.25) is 0 Å². The van der Waals surface area contributed by atoms with Gasteiger partial charge < -0.3 is 4.74 Å². The van der Waals surface area contributed by atoms with Gasteiger partial charge in [0.15, 0.2) is 0 Å². The number of likely N-dealkylation sites (tertiary alicyclic amines) is 1. The third kappa shape index (κ3) is 4.26. The molecule has 6 heteroatoms. The lowest BCUT2D eigenvalue weighted by molar-refractivity contribution is 0.324. The second kappa shape index (κ2) is 7.78. The van der Waals surface area contributed by atoms with E-state index < -0.39 is 10.0 Å². The van der Waals surface area contributed by atoms with E-state index in [1.807, 2.05) is 32.0 Å². The quantitative estimate of drug-likeness (QED) is 0.845. The molecule has 26 heavy (non-hydrogen) atoms. The summed E-state index contributed by atoms with van der Waals surface area (Å²) in [5.74, 6) is 0.389. The Labute approximate surface area is 156 Å². The minimum atomic E-state index is -3.62. The lowest BCUT2D eigenvalue weighted by Gasteiger charge is -2.18. The first-order valence-electron chi connectivity index (χ1n) is 8.83. The molecule has 1 aliphatic heterocycles. The van der Waals surface area contributed by atoms with Crippen LogP contribution in [-0.2, 0) is 16.6 Å². The van der Waals surface area contributed by atoms with Crippen LogP contribution in [0.4, 0.5) is 0 Å². The minimum Gasteiger partial charge on any atom is -0.495 e. The zero-order chi connectivity index (χ0) is 18.7. The van der Waals surface area contributed by atoms with Crippen molar-refractivity contribution in [3.8, 4) is 5.75 Å². The molecule has 0 aromatic heterocycles. The van der Waals surface area contributed by atoms with Gasteiger partial charge in [0.05, 0.1) is 7.11 Å². The summed E-state index contributed by atoms with van der Waals surface area (Å²) in [5.41, 5.74) is 3.19. The molecule has 1 atom stereocenters. The molecule has 0 amide bonds. The Hall–Kier alpha value is -1.89. The SMILES string of the molecule is COc1cc(C)c(C)cc1S(=O)(=O)N[C@H]1CCN(Cc2ccccc2)C1. The molecule has 140 valence electrons. The molecule has 1 heterocycles. The Kier molecular flexibility index (Phi) is 5.65. The fourth-order valence-electron chi connectivity index (χ4n) is 3.33. The molecule has 1 saturated heterocycles. The first kappa shape index (κ1) is 18.9. The van der Waals surface area contributed by atoms with Crippen molar-refractivity contribution < 1.29 is 13.2 Å². The number of aryl methyl sites for hydroxylation is 2. The molecule has 1 aliphatic rings. The molecule has 5 nitrogen and oxygen atoms in total. The van der Waals surface area contributed by atoms with Gasteiger partial charge in [-0.3, -0.25) is 4.90 Å². The first-order chi connectivity index (χ1) is 12.4. The zero-order valence-electron chi connectivity index (χ0n) is 15.5. The number of sulfonamides is 1. The fraction of sp³-hybridized carbons (Fsp3) is 0.400. The second-order valence-corrected chi connectivity index (χ2v) is 8.60.